The quantitative estimate of drug-likeness (QED) is 0.596. The fraction of sp³-hybridized carbons (Fsp3) is 0.538. The minimum atomic E-state index is -0.830. The van der Waals surface area contributed by atoms with Crippen molar-refractivity contribution in [3.63, 3.8) is 0 Å². The van der Waals surface area contributed by atoms with Gasteiger partial charge in [-0.1, -0.05) is 25.4 Å². The summed E-state index contributed by atoms with van der Waals surface area (Å²) in [6.45, 7) is 4.19. The van der Waals surface area contributed by atoms with Crippen molar-refractivity contribution < 1.29 is 14.4 Å². The molecule has 0 saturated heterocycles. The van der Waals surface area contributed by atoms with Crippen molar-refractivity contribution in [3.05, 3.63) is 33.1 Å². The molecule has 20 heavy (non-hydrogen) atoms. The highest BCUT2D eigenvalue weighted by molar-refractivity contribution is 6.31. The van der Waals surface area contributed by atoms with Crippen LogP contribution in [-0.2, 0) is 0 Å². The minimum Gasteiger partial charge on any atom is -0.396 e. The first-order valence-corrected chi connectivity index (χ1v) is 6.75. The van der Waals surface area contributed by atoms with Crippen molar-refractivity contribution in [2.75, 3.05) is 18.5 Å². The molecule has 0 radical (unpaired) electrons. The van der Waals surface area contributed by atoms with Gasteiger partial charge in [0.2, 0.25) is 0 Å². The van der Waals surface area contributed by atoms with E-state index < -0.39 is 10.7 Å². The number of rotatable bonds is 7. The smallest absolute Gasteiger partial charge is 0.295 e. The Hall–Kier alpha value is -1.40. The molecule has 112 valence electrons. The van der Waals surface area contributed by atoms with Crippen molar-refractivity contribution in [2.45, 2.75) is 26.7 Å². The molecule has 0 bridgehead atoms. The molecule has 0 atom stereocenters. The number of hydrogen-bond donors (Lipinski definition) is 2. The van der Waals surface area contributed by atoms with Crippen LogP contribution in [0.15, 0.2) is 12.1 Å². The first-order valence-electron chi connectivity index (χ1n) is 6.37. The molecule has 0 fully saturated rings. The van der Waals surface area contributed by atoms with Crippen molar-refractivity contribution in [1.82, 2.24) is 0 Å². The number of aliphatic hydroxyl groups is 1. The van der Waals surface area contributed by atoms with Crippen LogP contribution < -0.4 is 5.32 Å². The third-order valence-corrected chi connectivity index (χ3v) is 4.01. The number of nitro benzene ring substituents is 1. The zero-order valence-electron chi connectivity index (χ0n) is 11.4. The van der Waals surface area contributed by atoms with Crippen LogP contribution >= 0.6 is 11.6 Å². The minimum absolute atomic E-state index is 0.0320. The van der Waals surface area contributed by atoms with Gasteiger partial charge in [0.05, 0.1) is 22.6 Å². The summed E-state index contributed by atoms with van der Waals surface area (Å²) < 4.78 is 13.3. The van der Waals surface area contributed by atoms with Gasteiger partial charge < -0.3 is 10.4 Å². The van der Waals surface area contributed by atoms with Gasteiger partial charge in [-0.25, -0.2) is 4.39 Å². The molecule has 0 saturated carbocycles. The molecule has 1 rings (SSSR count). The van der Waals surface area contributed by atoms with Crippen LogP contribution in [0.3, 0.4) is 0 Å². The molecular weight excluding hydrogens is 287 g/mol. The number of benzene rings is 1. The van der Waals surface area contributed by atoms with Gasteiger partial charge in [0.1, 0.15) is 11.5 Å². The largest absolute Gasteiger partial charge is 0.396 e. The van der Waals surface area contributed by atoms with Crippen LogP contribution in [0.5, 0.6) is 0 Å². The fourth-order valence-corrected chi connectivity index (χ4v) is 2.05. The predicted octanol–water partition coefficient (Wildman–Crippen LogP) is 3.60. The molecule has 0 aliphatic carbocycles. The Balaban J connectivity index is 3.03. The monoisotopic (exact) mass is 304 g/mol. The summed E-state index contributed by atoms with van der Waals surface area (Å²) in [5, 5.41) is 23.1. The molecule has 1 aromatic rings. The Morgan fingerprint density at radius 2 is 2.05 bits per heavy atom. The van der Waals surface area contributed by atoms with Gasteiger partial charge >= 0.3 is 0 Å². The summed E-state index contributed by atoms with van der Waals surface area (Å²) in [4.78, 5) is 10.3. The summed E-state index contributed by atoms with van der Waals surface area (Å²) in [7, 11) is 0. The average molecular weight is 305 g/mol. The average Bonchev–Trinajstić information content (AvgIpc) is 2.44. The lowest BCUT2D eigenvalue weighted by atomic mass is 9.83. The summed E-state index contributed by atoms with van der Waals surface area (Å²) in [5.41, 5.74) is -0.582. The maximum absolute atomic E-state index is 13.3. The van der Waals surface area contributed by atoms with E-state index >= 15 is 0 Å². The Labute approximate surface area is 121 Å². The predicted molar refractivity (Wildman–Crippen MR) is 76.7 cm³/mol. The van der Waals surface area contributed by atoms with Crippen molar-refractivity contribution in [3.8, 4) is 0 Å². The van der Waals surface area contributed by atoms with Gasteiger partial charge in [0.15, 0.2) is 0 Å². The van der Waals surface area contributed by atoms with Gasteiger partial charge in [-0.05, 0) is 18.9 Å². The number of aliphatic hydroxyl groups excluding tert-OH is 1. The lowest BCUT2D eigenvalue weighted by Crippen LogP contribution is -2.32. The van der Waals surface area contributed by atoms with Gasteiger partial charge in [-0.3, -0.25) is 10.1 Å². The molecular formula is C13H18ClFN2O3. The molecule has 0 aromatic heterocycles. The van der Waals surface area contributed by atoms with E-state index in [1.54, 1.807) is 0 Å². The Morgan fingerprint density at radius 1 is 1.45 bits per heavy atom. The zero-order valence-corrected chi connectivity index (χ0v) is 12.2. The summed E-state index contributed by atoms with van der Waals surface area (Å²) in [5.74, 6) is -0.830. The van der Waals surface area contributed by atoms with Crippen LogP contribution in [0.2, 0.25) is 5.02 Å². The van der Waals surface area contributed by atoms with E-state index in [0.29, 0.717) is 6.54 Å². The maximum Gasteiger partial charge on any atom is 0.295 e. The summed E-state index contributed by atoms with van der Waals surface area (Å²) >= 11 is 5.66. The third-order valence-electron chi connectivity index (χ3n) is 3.72. The molecule has 5 nitrogen and oxygen atoms in total. The van der Waals surface area contributed by atoms with E-state index in [-0.39, 0.29) is 28.4 Å². The van der Waals surface area contributed by atoms with Crippen LogP contribution in [0.4, 0.5) is 15.8 Å². The van der Waals surface area contributed by atoms with E-state index in [4.69, 9.17) is 11.6 Å². The van der Waals surface area contributed by atoms with Crippen molar-refractivity contribution >= 4 is 23.0 Å². The number of anilines is 1. The SMILES string of the molecule is CCC(CC)(CO)CNc1cc(Cl)c(F)cc1[N+](=O)[O-]. The molecule has 0 aliphatic rings. The molecule has 1 aromatic carbocycles. The first-order chi connectivity index (χ1) is 9.39. The number of nitrogens with zero attached hydrogens (tertiary/aromatic N) is 1. The third kappa shape index (κ3) is 3.58. The molecule has 0 unspecified atom stereocenters. The molecule has 7 heteroatoms. The number of halogens is 2. The molecule has 0 spiro atoms. The summed E-state index contributed by atoms with van der Waals surface area (Å²) in [6, 6.07) is 1.99. The maximum atomic E-state index is 13.3. The lowest BCUT2D eigenvalue weighted by molar-refractivity contribution is -0.384. The van der Waals surface area contributed by atoms with E-state index in [1.807, 2.05) is 13.8 Å². The normalized spacial score (nSPS) is 11.4. The van der Waals surface area contributed by atoms with Crippen LogP contribution in [0, 0.1) is 21.3 Å². The van der Waals surface area contributed by atoms with E-state index in [9.17, 15) is 19.6 Å². The Morgan fingerprint density at radius 3 is 2.50 bits per heavy atom. The Kier molecular flexibility index (Phi) is 5.71. The number of nitrogens with one attached hydrogen (secondary N) is 1. The highest BCUT2D eigenvalue weighted by Gasteiger charge is 2.26. The van der Waals surface area contributed by atoms with Crippen molar-refractivity contribution in [2.24, 2.45) is 5.41 Å². The topological polar surface area (TPSA) is 75.4 Å². The van der Waals surface area contributed by atoms with Crippen LogP contribution in [-0.4, -0.2) is 23.2 Å². The number of nitro groups is 1. The Bertz CT molecular complexity index is 484. The fourth-order valence-electron chi connectivity index (χ4n) is 1.89. The zero-order chi connectivity index (χ0) is 15.3. The molecule has 0 heterocycles. The van der Waals surface area contributed by atoms with Crippen LogP contribution in [0.1, 0.15) is 26.7 Å². The standard InChI is InChI=1S/C13H18ClFN2O3/c1-3-13(4-2,8-18)7-16-11-5-9(14)10(15)6-12(11)17(19)20/h5-6,16,18H,3-4,7-8H2,1-2H3. The molecule has 0 amide bonds. The van der Waals surface area contributed by atoms with Gasteiger partial charge in [0.25, 0.3) is 5.69 Å². The van der Waals surface area contributed by atoms with E-state index in [0.717, 1.165) is 18.9 Å². The van der Waals surface area contributed by atoms with E-state index in [2.05, 4.69) is 5.32 Å². The van der Waals surface area contributed by atoms with Crippen LogP contribution in [0.25, 0.3) is 0 Å². The number of hydrogen-bond acceptors (Lipinski definition) is 4. The highest BCUT2D eigenvalue weighted by atomic mass is 35.5. The second-order valence-electron chi connectivity index (χ2n) is 4.76. The molecule has 0 aliphatic heterocycles. The van der Waals surface area contributed by atoms with E-state index in [1.165, 1.54) is 6.07 Å². The second kappa shape index (κ2) is 6.85. The lowest BCUT2D eigenvalue weighted by Gasteiger charge is -2.29. The second-order valence-corrected chi connectivity index (χ2v) is 5.17. The highest BCUT2D eigenvalue weighted by Crippen LogP contribution is 2.32. The molecule has 2 N–H and O–H groups in total. The first kappa shape index (κ1) is 16.7. The van der Waals surface area contributed by atoms with Gasteiger partial charge in [-0.15, -0.1) is 0 Å². The van der Waals surface area contributed by atoms with Gasteiger partial charge in [0, 0.05) is 12.0 Å². The summed E-state index contributed by atoms with van der Waals surface area (Å²) in [6.07, 6.45) is 1.44. The van der Waals surface area contributed by atoms with Gasteiger partial charge in [-0.2, -0.15) is 0 Å². The van der Waals surface area contributed by atoms with Crippen molar-refractivity contribution in [1.29, 1.82) is 0 Å².